The van der Waals surface area contributed by atoms with E-state index in [4.69, 9.17) is 4.74 Å². The molecule has 0 fully saturated rings. The van der Waals surface area contributed by atoms with Gasteiger partial charge in [-0.15, -0.1) is 0 Å². The molecule has 0 bridgehead atoms. The number of likely N-dealkylation sites (N-methyl/N-ethyl adjacent to an activating group) is 1. The minimum Gasteiger partial charge on any atom is -0.460 e. The molecule has 0 saturated carbocycles. The van der Waals surface area contributed by atoms with Gasteiger partial charge in [-0.3, -0.25) is 7.05 Å². The molecule has 0 amide bonds. The van der Waals surface area contributed by atoms with Crippen molar-refractivity contribution < 1.29 is 46.9 Å². The summed E-state index contributed by atoms with van der Waals surface area (Å²) < 4.78 is 13.8. The van der Waals surface area contributed by atoms with Crippen LogP contribution < -0.4 is 0 Å². The standard InChI is InChI=1S/C5H12NO.C4H9O.C3H7O.6CH4.Y/c1-6(2)4-5-7-3;1-3-4-5-2;1-3-4-2;;;;;;;/h1,4-5H2,2-3H3;1,3-4H2,2H3;1,3H2,2H3;6*1H4;/q3*-1;;;;;;;+3. The molecular formula is C18H52NO3Y. The zero-order valence-corrected chi connectivity index (χ0v) is 14.7. The van der Waals surface area contributed by atoms with E-state index < -0.39 is 0 Å². The molecule has 0 atom stereocenters. The van der Waals surface area contributed by atoms with Gasteiger partial charge in [-0.2, -0.15) is 6.42 Å². The maximum atomic E-state index is 4.77. The van der Waals surface area contributed by atoms with Gasteiger partial charge in [0.25, 0.3) is 0 Å². The van der Waals surface area contributed by atoms with Crippen molar-refractivity contribution in [2.45, 2.75) is 51.0 Å². The Morgan fingerprint density at radius 2 is 1.04 bits per heavy atom. The Balaban J connectivity index is -0.0000000123. The number of nitrogens with zero attached hydrogens (tertiary/aromatic N) is 1. The normalized spacial score (nSPS) is 6.26. The Bertz CT molecular complexity index is 94.3. The Morgan fingerprint density at radius 3 is 1.09 bits per heavy atom. The Hall–Kier alpha value is 0.944. The van der Waals surface area contributed by atoms with Gasteiger partial charge in [0.2, 0.25) is 0 Å². The first-order chi connectivity index (χ1) is 7.60. The summed E-state index contributed by atoms with van der Waals surface area (Å²) in [7, 11) is 10.5. The SMILES string of the molecule is C.C.C.C.C.C.[CH2-]CCOC.[CH2-]COC.[CH2-]N(C)CCOC.[Y+3]. The first-order valence-electron chi connectivity index (χ1n) is 5.17. The van der Waals surface area contributed by atoms with Crippen LogP contribution in [0, 0.1) is 20.9 Å². The van der Waals surface area contributed by atoms with Crippen molar-refractivity contribution in [3.8, 4) is 0 Å². The van der Waals surface area contributed by atoms with Crippen LogP contribution in [0.15, 0.2) is 0 Å². The molecule has 0 heterocycles. The Labute approximate surface area is 177 Å². The van der Waals surface area contributed by atoms with Crippen molar-refractivity contribution in [3.05, 3.63) is 20.9 Å². The van der Waals surface area contributed by atoms with Gasteiger partial charge in [-0.05, 0) is 13.6 Å². The third kappa shape index (κ3) is 159. The summed E-state index contributed by atoms with van der Waals surface area (Å²) in [4.78, 5) is 1.84. The summed E-state index contributed by atoms with van der Waals surface area (Å²) in [5.41, 5.74) is 0. The second-order valence-electron chi connectivity index (χ2n) is 2.91. The van der Waals surface area contributed by atoms with Gasteiger partial charge in [0, 0.05) is 27.9 Å². The summed E-state index contributed by atoms with van der Waals surface area (Å²) in [6, 6.07) is 0. The van der Waals surface area contributed by atoms with E-state index in [1.807, 2.05) is 11.9 Å². The van der Waals surface area contributed by atoms with E-state index in [2.05, 4.69) is 30.4 Å². The molecule has 0 aliphatic rings. The minimum absolute atomic E-state index is 0. The monoisotopic (exact) mass is 419 g/mol. The predicted molar refractivity (Wildman–Crippen MR) is 109 cm³/mol. The van der Waals surface area contributed by atoms with Crippen LogP contribution in [0.25, 0.3) is 0 Å². The van der Waals surface area contributed by atoms with Crippen LogP contribution >= 0.6 is 0 Å². The molecule has 5 heteroatoms. The second-order valence-corrected chi connectivity index (χ2v) is 2.91. The van der Waals surface area contributed by atoms with E-state index in [9.17, 15) is 0 Å². The molecule has 0 rings (SSSR count). The first-order valence-corrected chi connectivity index (χ1v) is 5.17. The van der Waals surface area contributed by atoms with Gasteiger partial charge in [0.15, 0.2) is 0 Å². The summed E-state index contributed by atoms with van der Waals surface area (Å²) in [5.74, 6) is 0. The molecule has 0 saturated heterocycles. The molecule has 0 aromatic heterocycles. The van der Waals surface area contributed by atoms with Crippen molar-refractivity contribution in [2.24, 2.45) is 0 Å². The van der Waals surface area contributed by atoms with Crippen molar-refractivity contribution >= 4 is 0 Å². The van der Waals surface area contributed by atoms with Gasteiger partial charge in [0.1, 0.15) is 0 Å². The van der Waals surface area contributed by atoms with Crippen molar-refractivity contribution in [2.75, 3.05) is 54.7 Å². The number of rotatable bonds is 6. The molecule has 0 aliphatic carbocycles. The fraction of sp³-hybridized carbons (Fsp3) is 0.833. The van der Waals surface area contributed by atoms with Crippen molar-refractivity contribution in [1.82, 2.24) is 4.90 Å². The van der Waals surface area contributed by atoms with Crippen LogP contribution in [-0.2, 0) is 46.9 Å². The second kappa shape index (κ2) is 77.4. The fourth-order valence-corrected chi connectivity index (χ4v) is 0.391. The summed E-state index contributed by atoms with van der Waals surface area (Å²) in [6.45, 7) is 9.94. The average Bonchev–Trinajstić information content (AvgIpc) is 2.28. The zero-order valence-electron chi connectivity index (χ0n) is 11.9. The van der Waals surface area contributed by atoms with Gasteiger partial charge >= 0.3 is 32.7 Å². The summed E-state index contributed by atoms with van der Waals surface area (Å²) in [6.07, 6.45) is 0.872. The molecule has 0 unspecified atom stereocenters. The van der Waals surface area contributed by atoms with Gasteiger partial charge in [-0.25, -0.2) is 0 Å². The number of ether oxygens (including phenoxy) is 3. The van der Waals surface area contributed by atoms with Crippen molar-refractivity contribution in [1.29, 1.82) is 0 Å². The quantitative estimate of drug-likeness (QED) is 0.533. The molecule has 0 aromatic carbocycles. The third-order valence-corrected chi connectivity index (χ3v) is 1.23. The first kappa shape index (κ1) is 64.8. The molecular weight excluding hydrogens is 367 g/mol. The topological polar surface area (TPSA) is 30.9 Å². The largest absolute Gasteiger partial charge is 3.00 e. The maximum absolute atomic E-state index is 4.77. The molecule has 0 aliphatic heterocycles. The average molecular weight is 420 g/mol. The van der Waals surface area contributed by atoms with Crippen LogP contribution in [0.3, 0.4) is 0 Å². The molecule has 150 valence electrons. The van der Waals surface area contributed by atoms with E-state index >= 15 is 0 Å². The molecule has 0 aromatic rings. The summed E-state index contributed by atoms with van der Waals surface area (Å²) in [5, 5.41) is 0. The van der Waals surface area contributed by atoms with Gasteiger partial charge < -0.3 is 33.0 Å². The van der Waals surface area contributed by atoms with Crippen LogP contribution in [0.2, 0.25) is 0 Å². The van der Waals surface area contributed by atoms with Gasteiger partial charge in [0.05, 0.1) is 6.61 Å². The minimum atomic E-state index is 0. The Morgan fingerprint density at radius 1 is 0.739 bits per heavy atom. The molecule has 0 spiro atoms. The Kier molecular flexibility index (Phi) is 218. The molecule has 0 radical (unpaired) electrons. The molecule has 0 N–H and O–H groups in total. The van der Waals surface area contributed by atoms with Crippen LogP contribution in [-0.4, -0.2) is 59.6 Å². The maximum Gasteiger partial charge on any atom is 3.00 e. The van der Waals surface area contributed by atoms with E-state index in [1.54, 1.807) is 21.3 Å². The van der Waals surface area contributed by atoms with E-state index in [0.717, 1.165) is 26.2 Å². The van der Waals surface area contributed by atoms with Crippen molar-refractivity contribution in [3.63, 3.8) is 0 Å². The van der Waals surface area contributed by atoms with Crippen LogP contribution in [0.4, 0.5) is 0 Å². The zero-order chi connectivity index (χ0) is 13.2. The number of hydrogen-bond acceptors (Lipinski definition) is 4. The summed E-state index contributed by atoms with van der Waals surface area (Å²) >= 11 is 0. The number of methoxy groups -OCH3 is 3. The molecule has 4 nitrogen and oxygen atoms in total. The third-order valence-electron chi connectivity index (χ3n) is 1.23. The predicted octanol–water partition coefficient (Wildman–Crippen LogP) is 5.49. The van der Waals surface area contributed by atoms with Crippen LogP contribution in [0.5, 0.6) is 0 Å². The van der Waals surface area contributed by atoms with Crippen LogP contribution in [0.1, 0.15) is 51.0 Å². The van der Waals surface area contributed by atoms with Gasteiger partial charge in [-0.1, -0.05) is 51.2 Å². The fourth-order valence-electron chi connectivity index (χ4n) is 0.391. The number of hydrogen-bond donors (Lipinski definition) is 0. The smallest absolute Gasteiger partial charge is 0.460 e. The van der Waals surface area contributed by atoms with E-state index in [0.29, 0.717) is 6.61 Å². The molecule has 23 heavy (non-hydrogen) atoms. The van der Waals surface area contributed by atoms with E-state index in [1.165, 1.54) is 0 Å². The van der Waals surface area contributed by atoms with E-state index in [-0.39, 0.29) is 77.3 Å².